The minimum Gasteiger partial charge on any atom is -0.435 e. The van der Waals surface area contributed by atoms with Gasteiger partial charge in [-0.15, -0.1) is 0 Å². The predicted octanol–water partition coefficient (Wildman–Crippen LogP) is 4.79. The van der Waals surface area contributed by atoms with Crippen molar-refractivity contribution in [3.05, 3.63) is 77.1 Å². The Morgan fingerprint density at radius 3 is 2.59 bits per heavy atom. The van der Waals surface area contributed by atoms with Gasteiger partial charge in [0.25, 0.3) is 11.8 Å². The molecular weight excluding hydrogens is 608 g/mol. The molecule has 0 bridgehead atoms. The third-order valence-corrected chi connectivity index (χ3v) is 7.52. The fraction of sp³-hybridized carbons (Fsp3) is 0.310. The zero-order chi connectivity index (χ0) is 31.6. The number of nitrogens with one attached hydrogen (secondary N) is 1. The lowest BCUT2D eigenvalue weighted by Gasteiger charge is -2.39. The topological polar surface area (TPSA) is 129 Å². The molecule has 2 aliphatic rings. The SMILES string of the molecule is N#Cc1ccnc(N2C(=O)CCC2C(=O)N(c2cccc(OC(F)F)c2)[C@H](C(=O)NC2CC(F)(F)C2)c2ccccc2Cl)n1. The second kappa shape index (κ2) is 12.5. The Labute approximate surface area is 253 Å². The van der Waals surface area contributed by atoms with Crippen molar-refractivity contribution in [2.45, 2.75) is 56.3 Å². The minimum atomic E-state index is -3.20. The third kappa shape index (κ3) is 6.42. The fourth-order valence-electron chi connectivity index (χ4n) is 5.21. The number of nitriles is 1. The van der Waals surface area contributed by atoms with Crippen molar-refractivity contribution < 1.29 is 36.7 Å². The van der Waals surface area contributed by atoms with Gasteiger partial charge in [0.15, 0.2) is 0 Å². The first-order valence-electron chi connectivity index (χ1n) is 13.3. The van der Waals surface area contributed by atoms with Gasteiger partial charge in [-0.2, -0.15) is 14.0 Å². The van der Waals surface area contributed by atoms with Gasteiger partial charge in [0.2, 0.25) is 17.8 Å². The second-order valence-corrected chi connectivity index (χ2v) is 10.6. The maximum atomic E-state index is 14.5. The molecular formula is C29H23ClF4N6O4. The van der Waals surface area contributed by atoms with E-state index in [0.717, 1.165) is 15.9 Å². The molecule has 1 aliphatic carbocycles. The molecule has 2 fully saturated rings. The maximum Gasteiger partial charge on any atom is 0.387 e. The Morgan fingerprint density at radius 1 is 1.16 bits per heavy atom. The summed E-state index contributed by atoms with van der Waals surface area (Å²) in [6, 6.07) is 10.4. The van der Waals surface area contributed by atoms with Crippen LogP contribution in [0.1, 0.15) is 43.0 Å². The Balaban J connectivity index is 1.63. The van der Waals surface area contributed by atoms with Crippen molar-refractivity contribution in [1.29, 1.82) is 5.26 Å². The van der Waals surface area contributed by atoms with Crippen molar-refractivity contribution in [3.8, 4) is 11.8 Å². The van der Waals surface area contributed by atoms with E-state index < -0.39 is 61.2 Å². The van der Waals surface area contributed by atoms with Crippen LogP contribution in [0.4, 0.5) is 29.2 Å². The van der Waals surface area contributed by atoms with Crippen LogP contribution in [-0.4, -0.2) is 52.3 Å². The quantitative estimate of drug-likeness (QED) is 0.337. The Kier molecular flexibility index (Phi) is 8.68. The number of alkyl halides is 4. The van der Waals surface area contributed by atoms with Crippen LogP contribution in [0.5, 0.6) is 5.75 Å². The molecule has 228 valence electrons. The van der Waals surface area contributed by atoms with Crippen LogP contribution in [0.3, 0.4) is 0 Å². The van der Waals surface area contributed by atoms with Crippen LogP contribution in [0.15, 0.2) is 60.8 Å². The number of benzene rings is 2. The molecule has 2 heterocycles. The number of rotatable bonds is 9. The van der Waals surface area contributed by atoms with Crippen molar-refractivity contribution in [2.75, 3.05) is 9.80 Å². The number of hydrogen-bond donors (Lipinski definition) is 1. The van der Waals surface area contributed by atoms with Crippen molar-refractivity contribution >= 4 is 41.0 Å². The van der Waals surface area contributed by atoms with E-state index in [1.807, 2.05) is 6.07 Å². The normalized spacial score (nSPS) is 18.3. The van der Waals surface area contributed by atoms with E-state index in [0.29, 0.717) is 0 Å². The summed E-state index contributed by atoms with van der Waals surface area (Å²) >= 11 is 6.49. The average Bonchev–Trinajstić information content (AvgIpc) is 3.36. The molecule has 2 atom stereocenters. The molecule has 10 nitrogen and oxygen atoms in total. The van der Waals surface area contributed by atoms with Crippen LogP contribution in [0, 0.1) is 11.3 Å². The number of carbonyl (C=O) groups excluding carboxylic acids is 3. The summed E-state index contributed by atoms with van der Waals surface area (Å²) < 4.78 is 58.1. The second-order valence-electron chi connectivity index (χ2n) is 10.1. The molecule has 1 unspecified atom stereocenters. The summed E-state index contributed by atoms with van der Waals surface area (Å²) in [4.78, 5) is 51.5. The average molecular weight is 631 g/mol. The lowest BCUT2D eigenvalue weighted by atomic mass is 9.87. The number of carbonyl (C=O) groups is 3. The Bertz CT molecular complexity index is 1630. The number of aromatic nitrogens is 2. The van der Waals surface area contributed by atoms with Gasteiger partial charge in [0.05, 0.1) is 0 Å². The summed E-state index contributed by atoms with van der Waals surface area (Å²) in [5, 5.41) is 11.9. The van der Waals surface area contributed by atoms with E-state index in [1.165, 1.54) is 42.6 Å². The molecule has 0 radical (unpaired) electrons. The summed E-state index contributed by atoms with van der Waals surface area (Å²) in [5.41, 5.74) is -0.0525. The highest BCUT2D eigenvalue weighted by Crippen LogP contribution is 2.40. The molecule has 3 aromatic rings. The summed E-state index contributed by atoms with van der Waals surface area (Å²) in [6.45, 7) is -3.20. The van der Waals surface area contributed by atoms with Gasteiger partial charge in [-0.25, -0.2) is 18.7 Å². The van der Waals surface area contributed by atoms with E-state index >= 15 is 0 Å². The molecule has 1 aliphatic heterocycles. The number of anilines is 2. The molecule has 1 saturated heterocycles. The first-order valence-corrected chi connectivity index (χ1v) is 13.7. The highest BCUT2D eigenvalue weighted by Gasteiger charge is 2.49. The standard InChI is InChI=1S/C29H23ClF4N6O4/c30-21-7-2-1-6-20(21)24(25(42)37-17-13-29(33,34)14-17)39(18-4-3-5-19(12-18)44-27(31)32)26(43)22-8-9-23(41)40(22)28-36-11-10-16(15-35)38-28/h1-7,10-12,17,22,24,27H,8-9,13-14H2,(H,37,42)/t22?,24-/m0/s1. The van der Waals surface area contributed by atoms with Crippen LogP contribution < -0.4 is 19.9 Å². The van der Waals surface area contributed by atoms with Crippen molar-refractivity contribution in [3.63, 3.8) is 0 Å². The van der Waals surface area contributed by atoms with E-state index in [2.05, 4.69) is 20.0 Å². The molecule has 5 rings (SSSR count). The first-order chi connectivity index (χ1) is 21.0. The van der Waals surface area contributed by atoms with E-state index in [4.69, 9.17) is 11.6 Å². The predicted molar refractivity (Wildman–Crippen MR) is 148 cm³/mol. The van der Waals surface area contributed by atoms with E-state index in [-0.39, 0.29) is 46.5 Å². The lowest BCUT2D eigenvalue weighted by molar-refractivity contribution is -0.133. The molecule has 44 heavy (non-hydrogen) atoms. The smallest absolute Gasteiger partial charge is 0.387 e. The van der Waals surface area contributed by atoms with Gasteiger partial charge in [-0.1, -0.05) is 35.9 Å². The number of nitrogens with zero attached hydrogens (tertiary/aromatic N) is 5. The molecule has 15 heteroatoms. The maximum absolute atomic E-state index is 14.5. The summed E-state index contributed by atoms with van der Waals surface area (Å²) in [5.74, 6) is -5.78. The van der Waals surface area contributed by atoms with Gasteiger partial charge in [-0.05, 0) is 30.7 Å². The lowest BCUT2D eigenvalue weighted by Crippen LogP contribution is -2.56. The fourth-order valence-corrected chi connectivity index (χ4v) is 5.45. The summed E-state index contributed by atoms with van der Waals surface area (Å²) in [7, 11) is 0. The summed E-state index contributed by atoms with van der Waals surface area (Å²) in [6.07, 6.45) is -0.147. The molecule has 1 N–H and O–H groups in total. The molecule has 1 saturated carbocycles. The van der Waals surface area contributed by atoms with Gasteiger partial charge >= 0.3 is 6.61 Å². The largest absolute Gasteiger partial charge is 0.435 e. The van der Waals surface area contributed by atoms with Crippen LogP contribution in [0.25, 0.3) is 0 Å². The van der Waals surface area contributed by atoms with Gasteiger partial charge in [-0.3, -0.25) is 24.2 Å². The number of halogens is 5. The van der Waals surface area contributed by atoms with E-state index in [9.17, 15) is 37.2 Å². The van der Waals surface area contributed by atoms with Crippen molar-refractivity contribution in [2.24, 2.45) is 0 Å². The minimum absolute atomic E-state index is 0.0484. The molecule has 0 spiro atoms. The highest BCUT2D eigenvalue weighted by atomic mass is 35.5. The van der Waals surface area contributed by atoms with Crippen LogP contribution in [0.2, 0.25) is 5.02 Å². The van der Waals surface area contributed by atoms with Crippen molar-refractivity contribution in [1.82, 2.24) is 15.3 Å². The molecule has 3 amide bonds. The zero-order valence-electron chi connectivity index (χ0n) is 22.7. The highest BCUT2D eigenvalue weighted by molar-refractivity contribution is 6.31. The molecule has 1 aromatic heterocycles. The number of amides is 3. The number of hydrogen-bond acceptors (Lipinski definition) is 7. The van der Waals surface area contributed by atoms with Crippen LogP contribution >= 0.6 is 11.6 Å². The van der Waals surface area contributed by atoms with Gasteiger partial charge < -0.3 is 10.1 Å². The molecule has 2 aromatic carbocycles. The monoisotopic (exact) mass is 630 g/mol. The van der Waals surface area contributed by atoms with Gasteiger partial charge in [0, 0.05) is 53.8 Å². The Morgan fingerprint density at radius 2 is 1.91 bits per heavy atom. The van der Waals surface area contributed by atoms with E-state index in [1.54, 1.807) is 12.1 Å². The van der Waals surface area contributed by atoms with Gasteiger partial charge in [0.1, 0.15) is 29.6 Å². The first kappa shape index (κ1) is 30.7. The Hall–Kier alpha value is -4.77. The third-order valence-electron chi connectivity index (χ3n) is 7.17. The zero-order valence-corrected chi connectivity index (χ0v) is 23.4. The number of ether oxygens (including phenoxy) is 1. The van der Waals surface area contributed by atoms with Crippen LogP contribution in [-0.2, 0) is 14.4 Å².